The van der Waals surface area contributed by atoms with Gasteiger partial charge in [-0.3, -0.25) is 4.99 Å². The summed E-state index contributed by atoms with van der Waals surface area (Å²) in [5.41, 5.74) is 11.5. The molecule has 0 aromatic heterocycles. The van der Waals surface area contributed by atoms with Gasteiger partial charge in [0.05, 0.1) is 6.54 Å². The first kappa shape index (κ1) is 13.3. The molecular formula is C11H25N5. The van der Waals surface area contributed by atoms with E-state index in [4.69, 9.17) is 11.5 Å². The van der Waals surface area contributed by atoms with Gasteiger partial charge in [-0.15, -0.1) is 0 Å². The Morgan fingerprint density at radius 1 is 1.25 bits per heavy atom. The highest BCUT2D eigenvalue weighted by atomic mass is 15.3. The third-order valence-corrected chi connectivity index (χ3v) is 2.52. The summed E-state index contributed by atoms with van der Waals surface area (Å²) in [5, 5.41) is 3.31. The molecule has 2 atom stereocenters. The van der Waals surface area contributed by atoms with E-state index in [-0.39, 0.29) is 12.1 Å². The first-order chi connectivity index (χ1) is 7.59. The maximum absolute atomic E-state index is 5.73. The summed E-state index contributed by atoms with van der Waals surface area (Å²) in [5.74, 6) is 0.965. The molecule has 0 bridgehead atoms. The van der Waals surface area contributed by atoms with Crippen LogP contribution < -0.4 is 16.8 Å². The predicted octanol–water partition coefficient (Wildman–Crippen LogP) is -0.278. The van der Waals surface area contributed by atoms with Crippen LogP contribution in [0.4, 0.5) is 0 Å². The summed E-state index contributed by atoms with van der Waals surface area (Å²) in [6, 6.07) is 0.248. The summed E-state index contributed by atoms with van der Waals surface area (Å²) >= 11 is 0. The van der Waals surface area contributed by atoms with Gasteiger partial charge >= 0.3 is 0 Å². The summed E-state index contributed by atoms with van der Waals surface area (Å²) in [6.45, 7) is 7.55. The van der Waals surface area contributed by atoms with E-state index < -0.39 is 0 Å². The van der Waals surface area contributed by atoms with Crippen molar-refractivity contribution in [1.82, 2.24) is 10.2 Å². The van der Waals surface area contributed by atoms with Gasteiger partial charge in [0.15, 0.2) is 5.96 Å². The smallest absolute Gasteiger partial charge is 0.194 e. The van der Waals surface area contributed by atoms with Crippen molar-refractivity contribution >= 4 is 5.96 Å². The zero-order chi connectivity index (χ0) is 12.0. The van der Waals surface area contributed by atoms with E-state index in [0.717, 1.165) is 25.6 Å². The molecule has 16 heavy (non-hydrogen) atoms. The van der Waals surface area contributed by atoms with Crippen LogP contribution in [0.3, 0.4) is 0 Å². The molecule has 1 heterocycles. The first-order valence-electron chi connectivity index (χ1n) is 6.14. The van der Waals surface area contributed by atoms with Gasteiger partial charge in [-0.2, -0.15) is 0 Å². The molecule has 0 spiro atoms. The van der Waals surface area contributed by atoms with Crippen molar-refractivity contribution in [1.29, 1.82) is 0 Å². The molecule has 1 rings (SSSR count). The van der Waals surface area contributed by atoms with Gasteiger partial charge in [0.2, 0.25) is 0 Å². The fourth-order valence-corrected chi connectivity index (χ4v) is 1.68. The second kappa shape index (κ2) is 6.70. The number of nitrogens with one attached hydrogen (secondary N) is 1. The van der Waals surface area contributed by atoms with Crippen LogP contribution in [0.15, 0.2) is 4.99 Å². The quantitative estimate of drug-likeness (QED) is 0.456. The Morgan fingerprint density at radius 2 is 1.88 bits per heavy atom. The van der Waals surface area contributed by atoms with Crippen LogP contribution in [-0.2, 0) is 0 Å². The van der Waals surface area contributed by atoms with Crippen molar-refractivity contribution in [2.45, 2.75) is 38.8 Å². The molecule has 0 aromatic rings. The molecule has 0 aliphatic carbocycles. The zero-order valence-corrected chi connectivity index (χ0v) is 10.4. The largest absolute Gasteiger partial charge is 0.355 e. The van der Waals surface area contributed by atoms with E-state index in [9.17, 15) is 0 Å². The SMILES string of the molecule is C[C@H](N)CN=C(NC[C@H](C)N)N1CCCC1. The number of hydrogen-bond acceptors (Lipinski definition) is 3. The summed E-state index contributed by atoms with van der Waals surface area (Å²) < 4.78 is 0. The molecule has 0 amide bonds. The summed E-state index contributed by atoms with van der Waals surface area (Å²) in [7, 11) is 0. The molecule has 5 heteroatoms. The highest BCUT2D eigenvalue weighted by Crippen LogP contribution is 2.07. The van der Waals surface area contributed by atoms with Crippen molar-refractivity contribution in [2.75, 3.05) is 26.2 Å². The Labute approximate surface area is 98.3 Å². The van der Waals surface area contributed by atoms with E-state index in [0.29, 0.717) is 6.54 Å². The second-order valence-corrected chi connectivity index (χ2v) is 4.69. The minimum absolute atomic E-state index is 0.106. The molecule has 0 unspecified atom stereocenters. The van der Waals surface area contributed by atoms with Crippen molar-refractivity contribution < 1.29 is 0 Å². The molecule has 0 radical (unpaired) electrons. The van der Waals surface area contributed by atoms with E-state index >= 15 is 0 Å². The first-order valence-corrected chi connectivity index (χ1v) is 6.14. The zero-order valence-electron chi connectivity index (χ0n) is 10.4. The Hall–Kier alpha value is -0.810. The van der Waals surface area contributed by atoms with Crippen molar-refractivity contribution in [3.63, 3.8) is 0 Å². The van der Waals surface area contributed by atoms with Crippen molar-refractivity contribution in [3.8, 4) is 0 Å². The Balaban J connectivity index is 2.49. The Bertz CT molecular complexity index is 218. The molecule has 1 aliphatic heterocycles. The lowest BCUT2D eigenvalue weighted by atomic mass is 10.3. The average molecular weight is 227 g/mol. The summed E-state index contributed by atoms with van der Waals surface area (Å²) in [4.78, 5) is 6.81. The van der Waals surface area contributed by atoms with Crippen LogP contribution >= 0.6 is 0 Å². The van der Waals surface area contributed by atoms with Gasteiger partial charge in [0.1, 0.15) is 0 Å². The topological polar surface area (TPSA) is 79.7 Å². The minimum atomic E-state index is 0.106. The molecule has 0 aromatic carbocycles. The van der Waals surface area contributed by atoms with Gasteiger partial charge < -0.3 is 21.7 Å². The number of aliphatic imine (C=N–C) groups is 1. The lowest BCUT2D eigenvalue weighted by Crippen LogP contribution is -2.44. The number of hydrogen-bond donors (Lipinski definition) is 3. The van der Waals surface area contributed by atoms with E-state index in [2.05, 4.69) is 15.2 Å². The molecule has 0 saturated carbocycles. The van der Waals surface area contributed by atoms with Crippen LogP contribution in [0.5, 0.6) is 0 Å². The monoisotopic (exact) mass is 227 g/mol. The van der Waals surface area contributed by atoms with Crippen molar-refractivity contribution in [2.24, 2.45) is 16.5 Å². The van der Waals surface area contributed by atoms with Crippen LogP contribution in [-0.4, -0.2) is 49.1 Å². The lowest BCUT2D eigenvalue weighted by molar-refractivity contribution is 0.486. The predicted molar refractivity (Wildman–Crippen MR) is 68.4 cm³/mol. The molecule has 5 nitrogen and oxygen atoms in total. The number of nitrogens with two attached hydrogens (primary N) is 2. The molecule has 94 valence electrons. The molecule has 1 fully saturated rings. The van der Waals surface area contributed by atoms with Crippen LogP contribution in [0.1, 0.15) is 26.7 Å². The third-order valence-electron chi connectivity index (χ3n) is 2.52. The minimum Gasteiger partial charge on any atom is -0.355 e. The fourth-order valence-electron chi connectivity index (χ4n) is 1.68. The van der Waals surface area contributed by atoms with Crippen LogP contribution in [0, 0.1) is 0 Å². The van der Waals surface area contributed by atoms with Gasteiger partial charge in [0, 0.05) is 31.7 Å². The number of likely N-dealkylation sites (tertiary alicyclic amines) is 1. The second-order valence-electron chi connectivity index (χ2n) is 4.69. The van der Waals surface area contributed by atoms with Gasteiger partial charge in [-0.25, -0.2) is 0 Å². The Kier molecular flexibility index (Phi) is 5.55. The highest BCUT2D eigenvalue weighted by molar-refractivity contribution is 5.80. The number of rotatable bonds is 4. The molecule has 1 saturated heterocycles. The van der Waals surface area contributed by atoms with E-state index in [1.807, 2.05) is 13.8 Å². The number of nitrogens with zero attached hydrogens (tertiary/aromatic N) is 2. The molecular weight excluding hydrogens is 202 g/mol. The fraction of sp³-hybridized carbons (Fsp3) is 0.909. The van der Waals surface area contributed by atoms with Gasteiger partial charge in [0.25, 0.3) is 0 Å². The van der Waals surface area contributed by atoms with Crippen LogP contribution in [0.2, 0.25) is 0 Å². The summed E-state index contributed by atoms with van der Waals surface area (Å²) in [6.07, 6.45) is 2.49. The van der Waals surface area contributed by atoms with E-state index in [1.165, 1.54) is 12.8 Å². The van der Waals surface area contributed by atoms with Crippen LogP contribution in [0.25, 0.3) is 0 Å². The molecule has 5 N–H and O–H groups in total. The molecule has 1 aliphatic rings. The standard InChI is InChI=1S/C11H25N5/c1-9(12)7-14-11(15-8-10(2)13)16-5-3-4-6-16/h9-10H,3-8,12-13H2,1-2H3,(H,14,15)/t9-,10-/m0/s1. The van der Waals surface area contributed by atoms with Gasteiger partial charge in [-0.05, 0) is 26.7 Å². The van der Waals surface area contributed by atoms with Crippen molar-refractivity contribution in [3.05, 3.63) is 0 Å². The Morgan fingerprint density at radius 3 is 2.38 bits per heavy atom. The lowest BCUT2D eigenvalue weighted by Gasteiger charge is -2.22. The normalized spacial score (nSPS) is 21.0. The average Bonchev–Trinajstić information content (AvgIpc) is 2.70. The number of guanidine groups is 1. The maximum Gasteiger partial charge on any atom is 0.194 e. The maximum atomic E-state index is 5.73. The van der Waals surface area contributed by atoms with E-state index in [1.54, 1.807) is 0 Å². The highest BCUT2D eigenvalue weighted by Gasteiger charge is 2.16. The third kappa shape index (κ3) is 4.81. The van der Waals surface area contributed by atoms with Gasteiger partial charge in [-0.1, -0.05) is 0 Å².